The van der Waals surface area contributed by atoms with Gasteiger partial charge in [0.2, 0.25) is 0 Å². The first-order valence-corrected chi connectivity index (χ1v) is 7.33. The number of anilines is 3. The van der Waals surface area contributed by atoms with Crippen molar-refractivity contribution in [3.8, 4) is 0 Å². The maximum absolute atomic E-state index is 5.92. The Hall–Kier alpha value is -2.14. The second-order valence-electron chi connectivity index (χ2n) is 5.25. The van der Waals surface area contributed by atoms with E-state index in [9.17, 15) is 0 Å². The molecule has 1 aromatic heterocycles. The second-order valence-corrected chi connectivity index (χ2v) is 5.69. The highest BCUT2D eigenvalue weighted by atomic mass is 32.1. The number of hydrogen-bond acceptors (Lipinski definition) is 4. The van der Waals surface area contributed by atoms with E-state index in [0.717, 1.165) is 35.7 Å². The number of rotatable bonds is 2. The van der Waals surface area contributed by atoms with Crippen LogP contribution >= 0.6 is 12.2 Å². The minimum atomic E-state index is 0.395. The van der Waals surface area contributed by atoms with Crippen molar-refractivity contribution < 1.29 is 0 Å². The summed E-state index contributed by atoms with van der Waals surface area (Å²) < 4.78 is 0. The van der Waals surface area contributed by atoms with Gasteiger partial charge in [-0.25, -0.2) is 4.98 Å². The third-order valence-corrected chi connectivity index (χ3v) is 4.09. The van der Waals surface area contributed by atoms with E-state index in [-0.39, 0.29) is 0 Å². The fourth-order valence-corrected chi connectivity index (χ4v) is 3.03. The molecule has 3 rings (SSSR count). The third-order valence-electron chi connectivity index (χ3n) is 3.88. The average Bonchev–Trinajstić information content (AvgIpc) is 2.47. The number of thiocarbonyl (C=S) groups is 1. The van der Waals surface area contributed by atoms with Crippen LogP contribution < -0.4 is 15.5 Å². The first-order valence-electron chi connectivity index (χ1n) is 6.92. The van der Waals surface area contributed by atoms with Crippen LogP contribution in [0.2, 0.25) is 0 Å². The molecule has 0 atom stereocenters. The van der Waals surface area contributed by atoms with Gasteiger partial charge < -0.3 is 15.5 Å². The normalized spacial score (nSPS) is 14.0. The maximum atomic E-state index is 5.92. The highest BCUT2D eigenvalue weighted by Crippen LogP contribution is 2.37. The number of nitrogens with zero attached hydrogens (tertiary/aromatic N) is 3. The van der Waals surface area contributed by atoms with E-state index in [1.165, 1.54) is 5.69 Å². The van der Waals surface area contributed by atoms with Crippen LogP contribution in [0.1, 0.15) is 11.1 Å². The molecule has 2 N–H and O–H groups in total. The van der Waals surface area contributed by atoms with Gasteiger partial charge in [0.25, 0.3) is 0 Å². The van der Waals surface area contributed by atoms with Crippen molar-refractivity contribution in [1.29, 1.82) is 0 Å². The van der Waals surface area contributed by atoms with Gasteiger partial charge in [0, 0.05) is 26.3 Å². The van der Waals surface area contributed by atoms with Gasteiger partial charge in [-0.1, -0.05) is 24.4 Å². The van der Waals surface area contributed by atoms with Crippen LogP contribution in [0.5, 0.6) is 0 Å². The summed E-state index contributed by atoms with van der Waals surface area (Å²) in [6, 6.07) is 10.3. The Morgan fingerprint density at radius 2 is 1.90 bits per heavy atom. The van der Waals surface area contributed by atoms with E-state index in [1.54, 1.807) is 0 Å². The van der Waals surface area contributed by atoms with E-state index >= 15 is 0 Å². The number of nitrogens with two attached hydrogens (primary N) is 1. The second kappa shape index (κ2) is 5.33. The summed E-state index contributed by atoms with van der Waals surface area (Å²) in [4.78, 5) is 9.40. The van der Waals surface area contributed by atoms with Crippen LogP contribution in [0.15, 0.2) is 36.5 Å². The van der Waals surface area contributed by atoms with Crippen molar-refractivity contribution in [3.05, 3.63) is 47.7 Å². The molecular weight excluding hydrogens is 280 g/mol. The summed E-state index contributed by atoms with van der Waals surface area (Å²) in [5.41, 5.74) is 10.2. The molecule has 0 unspecified atom stereocenters. The highest BCUT2D eigenvalue weighted by Gasteiger charge is 2.24. The summed E-state index contributed by atoms with van der Waals surface area (Å²) >= 11 is 5.23. The molecule has 4 nitrogen and oxygen atoms in total. The van der Waals surface area contributed by atoms with E-state index in [0.29, 0.717) is 4.99 Å². The fourth-order valence-electron chi connectivity index (χ4n) is 2.78. The molecule has 0 spiro atoms. The summed E-state index contributed by atoms with van der Waals surface area (Å²) in [5, 5.41) is 0. The van der Waals surface area contributed by atoms with Crippen LogP contribution in [0.4, 0.5) is 17.2 Å². The maximum Gasteiger partial charge on any atom is 0.143 e. The van der Waals surface area contributed by atoms with Crippen molar-refractivity contribution in [2.75, 3.05) is 29.9 Å². The largest absolute Gasteiger partial charge is 0.389 e. The standard InChI is InChI=1S/C16H18N4S/c1-11-7-8-18-16(14(11)15(17)21)20-10-9-19(2)12-5-3-4-6-13(12)20/h3-8H,9-10H2,1-2H3,(H2,17,21). The van der Waals surface area contributed by atoms with Gasteiger partial charge in [0.1, 0.15) is 10.8 Å². The first-order chi connectivity index (χ1) is 10.1. The zero-order chi connectivity index (χ0) is 15.0. The average molecular weight is 298 g/mol. The predicted molar refractivity (Wildman–Crippen MR) is 91.6 cm³/mol. The minimum Gasteiger partial charge on any atom is -0.389 e. The zero-order valence-electron chi connectivity index (χ0n) is 12.2. The van der Waals surface area contributed by atoms with Crippen LogP contribution in [0.25, 0.3) is 0 Å². The lowest BCUT2D eigenvalue weighted by atomic mass is 10.1. The van der Waals surface area contributed by atoms with Gasteiger partial charge in [0.15, 0.2) is 0 Å². The van der Waals surface area contributed by atoms with Crippen molar-refractivity contribution in [2.24, 2.45) is 5.73 Å². The van der Waals surface area contributed by atoms with Crippen LogP contribution in [-0.2, 0) is 0 Å². The van der Waals surface area contributed by atoms with E-state index in [4.69, 9.17) is 18.0 Å². The molecule has 0 fully saturated rings. The molecule has 5 heteroatoms. The molecule has 0 bridgehead atoms. The molecule has 1 aliphatic heterocycles. The SMILES string of the molecule is Cc1ccnc(N2CCN(C)c3ccccc32)c1C(N)=S. The summed E-state index contributed by atoms with van der Waals surface area (Å²) in [6.45, 7) is 3.81. The van der Waals surface area contributed by atoms with Crippen LogP contribution in [-0.4, -0.2) is 30.1 Å². The molecular formula is C16H18N4S. The summed E-state index contributed by atoms with van der Waals surface area (Å²) in [6.07, 6.45) is 1.81. The molecule has 0 radical (unpaired) electrons. The molecule has 1 aliphatic rings. The van der Waals surface area contributed by atoms with Gasteiger partial charge in [0.05, 0.1) is 16.9 Å². The first kappa shape index (κ1) is 13.8. The molecule has 2 heterocycles. The Balaban J connectivity index is 2.17. The molecule has 2 aromatic rings. The third kappa shape index (κ3) is 2.34. The van der Waals surface area contributed by atoms with Crippen molar-refractivity contribution >= 4 is 34.4 Å². The van der Waals surface area contributed by atoms with Crippen LogP contribution in [0, 0.1) is 6.92 Å². The monoisotopic (exact) mass is 298 g/mol. The summed E-state index contributed by atoms with van der Waals surface area (Å²) in [7, 11) is 2.11. The van der Waals surface area contributed by atoms with E-state index in [2.05, 4.69) is 40.0 Å². The number of likely N-dealkylation sites (N-methyl/N-ethyl adjacent to an activating group) is 1. The van der Waals surface area contributed by atoms with Gasteiger partial charge in [-0.3, -0.25) is 0 Å². The molecule has 0 saturated carbocycles. The van der Waals surface area contributed by atoms with E-state index in [1.807, 2.05) is 25.3 Å². The number of aromatic nitrogens is 1. The van der Waals surface area contributed by atoms with E-state index < -0.39 is 0 Å². The lowest BCUT2D eigenvalue weighted by Crippen LogP contribution is -2.37. The Morgan fingerprint density at radius 3 is 2.62 bits per heavy atom. The Labute approximate surface area is 130 Å². The molecule has 0 aliphatic carbocycles. The number of para-hydroxylation sites is 2. The number of pyridine rings is 1. The fraction of sp³-hybridized carbons (Fsp3) is 0.250. The minimum absolute atomic E-state index is 0.395. The Morgan fingerprint density at radius 1 is 1.19 bits per heavy atom. The number of fused-ring (bicyclic) bond motifs is 1. The lowest BCUT2D eigenvalue weighted by molar-refractivity contribution is 0.812. The molecule has 1 aromatic carbocycles. The van der Waals surface area contributed by atoms with Crippen molar-refractivity contribution in [3.63, 3.8) is 0 Å². The molecule has 0 amide bonds. The number of aryl methyl sites for hydroxylation is 1. The van der Waals surface area contributed by atoms with Crippen molar-refractivity contribution in [2.45, 2.75) is 6.92 Å². The van der Waals surface area contributed by atoms with Crippen molar-refractivity contribution in [1.82, 2.24) is 4.98 Å². The number of benzene rings is 1. The van der Waals surface area contributed by atoms with Gasteiger partial charge in [-0.05, 0) is 30.7 Å². The van der Waals surface area contributed by atoms with Crippen LogP contribution in [0.3, 0.4) is 0 Å². The van der Waals surface area contributed by atoms with Gasteiger partial charge >= 0.3 is 0 Å². The zero-order valence-corrected chi connectivity index (χ0v) is 13.0. The molecule has 21 heavy (non-hydrogen) atoms. The molecule has 0 saturated heterocycles. The topological polar surface area (TPSA) is 45.4 Å². The lowest BCUT2D eigenvalue weighted by Gasteiger charge is -2.37. The Kier molecular flexibility index (Phi) is 3.51. The number of hydrogen-bond donors (Lipinski definition) is 1. The predicted octanol–water partition coefficient (Wildman–Crippen LogP) is 2.61. The smallest absolute Gasteiger partial charge is 0.143 e. The van der Waals surface area contributed by atoms with Gasteiger partial charge in [-0.15, -0.1) is 0 Å². The van der Waals surface area contributed by atoms with Gasteiger partial charge in [-0.2, -0.15) is 0 Å². The molecule has 108 valence electrons. The highest BCUT2D eigenvalue weighted by molar-refractivity contribution is 7.80. The summed E-state index contributed by atoms with van der Waals surface area (Å²) in [5.74, 6) is 0.850. The Bertz CT molecular complexity index is 698. The quantitative estimate of drug-likeness (QED) is 0.864.